The second-order valence-corrected chi connectivity index (χ2v) is 5.81. The zero-order valence-corrected chi connectivity index (χ0v) is 13.3. The first-order chi connectivity index (χ1) is 10.6. The summed E-state index contributed by atoms with van der Waals surface area (Å²) < 4.78 is 6.10. The molecule has 0 fully saturated rings. The van der Waals surface area contributed by atoms with Crippen LogP contribution >= 0.6 is 0 Å². The molecule has 1 atom stereocenters. The number of hydrogen-bond donors (Lipinski definition) is 0. The Labute approximate surface area is 131 Å². The summed E-state index contributed by atoms with van der Waals surface area (Å²) in [5.74, 6) is 0. The van der Waals surface area contributed by atoms with Gasteiger partial charge in [0.15, 0.2) is 0 Å². The quantitative estimate of drug-likeness (QED) is 0.665. The van der Waals surface area contributed by atoms with E-state index in [4.69, 9.17) is 4.74 Å². The minimum Gasteiger partial charge on any atom is -0.369 e. The van der Waals surface area contributed by atoms with Crippen molar-refractivity contribution in [2.75, 3.05) is 0 Å². The Bertz CT molecular complexity index is 795. The van der Waals surface area contributed by atoms with Gasteiger partial charge in [-0.15, -0.1) is 0 Å². The molecule has 1 unspecified atom stereocenters. The van der Waals surface area contributed by atoms with Crippen LogP contribution in [0.1, 0.15) is 35.4 Å². The monoisotopic (exact) mass is 291 g/mol. The van der Waals surface area contributed by atoms with Crippen LogP contribution in [0.25, 0.3) is 10.9 Å². The van der Waals surface area contributed by atoms with E-state index in [1.54, 1.807) is 0 Å². The number of aryl methyl sites for hydroxylation is 2. The van der Waals surface area contributed by atoms with Crippen molar-refractivity contribution in [1.82, 2.24) is 4.98 Å². The average molecular weight is 291 g/mol. The minimum absolute atomic E-state index is 0.0760. The van der Waals surface area contributed by atoms with Crippen molar-refractivity contribution < 1.29 is 4.74 Å². The van der Waals surface area contributed by atoms with Gasteiger partial charge in [-0.1, -0.05) is 48.0 Å². The van der Waals surface area contributed by atoms with Crippen LogP contribution in [0, 0.1) is 13.8 Å². The highest BCUT2D eigenvalue weighted by Gasteiger charge is 2.09. The van der Waals surface area contributed by atoms with Crippen LogP contribution in [0.2, 0.25) is 0 Å². The minimum atomic E-state index is 0.0760. The molecule has 1 heterocycles. The second kappa shape index (κ2) is 6.29. The molecule has 22 heavy (non-hydrogen) atoms. The SMILES string of the molecule is Cc1cccc(C(C)OCc2cc(C)nc3ccccc23)c1. The van der Waals surface area contributed by atoms with Gasteiger partial charge in [-0.3, -0.25) is 4.98 Å². The summed E-state index contributed by atoms with van der Waals surface area (Å²) in [6, 6.07) is 18.8. The molecule has 3 rings (SSSR count). The van der Waals surface area contributed by atoms with Gasteiger partial charge < -0.3 is 4.74 Å². The third-order valence-electron chi connectivity index (χ3n) is 3.93. The molecular formula is C20H21NO. The van der Waals surface area contributed by atoms with Crippen LogP contribution in [-0.4, -0.2) is 4.98 Å². The molecule has 2 aromatic carbocycles. The fraction of sp³-hybridized carbons (Fsp3) is 0.250. The first-order valence-corrected chi connectivity index (χ1v) is 7.67. The Morgan fingerprint density at radius 1 is 1.00 bits per heavy atom. The van der Waals surface area contributed by atoms with Gasteiger partial charge in [0.2, 0.25) is 0 Å². The molecule has 1 aromatic heterocycles. The molecule has 0 radical (unpaired) electrons. The van der Waals surface area contributed by atoms with Gasteiger partial charge in [-0.2, -0.15) is 0 Å². The maximum Gasteiger partial charge on any atom is 0.0801 e. The van der Waals surface area contributed by atoms with E-state index in [0.717, 1.165) is 11.2 Å². The molecule has 2 nitrogen and oxygen atoms in total. The maximum atomic E-state index is 6.10. The van der Waals surface area contributed by atoms with Crippen molar-refractivity contribution in [3.8, 4) is 0 Å². The highest BCUT2D eigenvalue weighted by atomic mass is 16.5. The standard InChI is InChI=1S/C20H21NO/c1-14-7-6-8-17(11-14)16(3)22-13-18-12-15(2)21-20-10-5-4-9-19(18)20/h4-12,16H,13H2,1-3H3. The Morgan fingerprint density at radius 2 is 1.82 bits per heavy atom. The van der Waals surface area contributed by atoms with Gasteiger partial charge in [0, 0.05) is 11.1 Å². The number of fused-ring (bicyclic) bond motifs is 1. The van der Waals surface area contributed by atoms with Crippen LogP contribution in [0.5, 0.6) is 0 Å². The van der Waals surface area contributed by atoms with Crippen LogP contribution in [0.4, 0.5) is 0 Å². The van der Waals surface area contributed by atoms with Gasteiger partial charge in [-0.25, -0.2) is 0 Å². The lowest BCUT2D eigenvalue weighted by Crippen LogP contribution is -2.02. The van der Waals surface area contributed by atoms with E-state index in [2.05, 4.69) is 61.3 Å². The van der Waals surface area contributed by atoms with Gasteiger partial charge in [0.1, 0.15) is 0 Å². The summed E-state index contributed by atoms with van der Waals surface area (Å²) in [6.45, 7) is 6.83. The van der Waals surface area contributed by atoms with E-state index in [0.29, 0.717) is 6.61 Å². The fourth-order valence-electron chi connectivity index (χ4n) is 2.75. The number of hydrogen-bond acceptors (Lipinski definition) is 2. The van der Waals surface area contributed by atoms with Crippen molar-refractivity contribution in [3.63, 3.8) is 0 Å². The summed E-state index contributed by atoms with van der Waals surface area (Å²) in [6.07, 6.45) is 0.0760. The number of ether oxygens (including phenoxy) is 1. The van der Waals surface area contributed by atoms with Crippen molar-refractivity contribution in [2.45, 2.75) is 33.5 Å². The lowest BCUT2D eigenvalue weighted by Gasteiger charge is -2.15. The fourth-order valence-corrected chi connectivity index (χ4v) is 2.75. The van der Waals surface area contributed by atoms with Crippen LogP contribution in [-0.2, 0) is 11.3 Å². The van der Waals surface area contributed by atoms with Crippen molar-refractivity contribution >= 4 is 10.9 Å². The number of benzene rings is 2. The number of nitrogens with zero attached hydrogens (tertiary/aromatic N) is 1. The molecule has 0 amide bonds. The summed E-state index contributed by atoms with van der Waals surface area (Å²) in [5, 5.41) is 1.17. The highest BCUT2D eigenvalue weighted by molar-refractivity contribution is 5.82. The zero-order valence-electron chi connectivity index (χ0n) is 13.3. The van der Waals surface area contributed by atoms with E-state index in [1.807, 2.05) is 19.1 Å². The number of para-hydroxylation sites is 1. The normalized spacial score (nSPS) is 12.5. The van der Waals surface area contributed by atoms with Crippen LogP contribution < -0.4 is 0 Å². The van der Waals surface area contributed by atoms with E-state index >= 15 is 0 Å². The lowest BCUT2D eigenvalue weighted by atomic mass is 10.1. The number of rotatable bonds is 4. The zero-order chi connectivity index (χ0) is 15.5. The predicted octanol–water partition coefficient (Wildman–Crippen LogP) is 5.13. The Morgan fingerprint density at radius 3 is 2.64 bits per heavy atom. The molecular weight excluding hydrogens is 270 g/mol. The molecule has 0 aliphatic rings. The van der Waals surface area contributed by atoms with Gasteiger partial charge in [0.25, 0.3) is 0 Å². The first-order valence-electron chi connectivity index (χ1n) is 7.67. The molecule has 3 aromatic rings. The molecule has 0 saturated heterocycles. The van der Waals surface area contributed by atoms with Gasteiger partial charge in [-0.05, 0) is 44.0 Å². The number of pyridine rings is 1. The Kier molecular flexibility index (Phi) is 4.21. The van der Waals surface area contributed by atoms with Crippen LogP contribution in [0.3, 0.4) is 0 Å². The predicted molar refractivity (Wildman–Crippen MR) is 90.9 cm³/mol. The largest absolute Gasteiger partial charge is 0.369 e. The second-order valence-electron chi connectivity index (χ2n) is 5.81. The number of aromatic nitrogens is 1. The third kappa shape index (κ3) is 3.18. The molecule has 0 N–H and O–H groups in total. The molecule has 0 spiro atoms. The van der Waals surface area contributed by atoms with E-state index in [-0.39, 0.29) is 6.10 Å². The summed E-state index contributed by atoms with van der Waals surface area (Å²) in [7, 11) is 0. The van der Waals surface area contributed by atoms with Gasteiger partial charge in [0.05, 0.1) is 18.2 Å². The Hall–Kier alpha value is -2.19. The molecule has 2 heteroatoms. The van der Waals surface area contributed by atoms with E-state index in [9.17, 15) is 0 Å². The Balaban J connectivity index is 1.82. The lowest BCUT2D eigenvalue weighted by molar-refractivity contribution is 0.0531. The molecule has 0 bridgehead atoms. The van der Waals surface area contributed by atoms with Crippen molar-refractivity contribution in [1.29, 1.82) is 0 Å². The molecule has 0 saturated carbocycles. The molecule has 0 aliphatic carbocycles. The smallest absolute Gasteiger partial charge is 0.0801 e. The van der Waals surface area contributed by atoms with Crippen LogP contribution in [0.15, 0.2) is 54.6 Å². The highest BCUT2D eigenvalue weighted by Crippen LogP contribution is 2.23. The first kappa shape index (κ1) is 14.7. The molecule has 0 aliphatic heterocycles. The van der Waals surface area contributed by atoms with E-state index in [1.165, 1.54) is 22.1 Å². The third-order valence-corrected chi connectivity index (χ3v) is 3.93. The maximum absolute atomic E-state index is 6.10. The molecule has 112 valence electrons. The van der Waals surface area contributed by atoms with Crippen molar-refractivity contribution in [2.24, 2.45) is 0 Å². The summed E-state index contributed by atoms with van der Waals surface area (Å²) in [4.78, 5) is 4.58. The topological polar surface area (TPSA) is 22.1 Å². The van der Waals surface area contributed by atoms with Crippen molar-refractivity contribution in [3.05, 3.63) is 77.0 Å². The average Bonchev–Trinajstić information content (AvgIpc) is 2.52. The summed E-state index contributed by atoms with van der Waals surface area (Å²) in [5.41, 5.74) is 5.74. The van der Waals surface area contributed by atoms with Gasteiger partial charge >= 0.3 is 0 Å². The van der Waals surface area contributed by atoms with E-state index < -0.39 is 0 Å². The summed E-state index contributed by atoms with van der Waals surface area (Å²) >= 11 is 0.